The van der Waals surface area contributed by atoms with E-state index in [1.165, 1.54) is 18.6 Å². The van der Waals surface area contributed by atoms with E-state index in [0.29, 0.717) is 25.4 Å². The number of hydrogen-bond acceptors (Lipinski definition) is 5. The predicted octanol–water partition coefficient (Wildman–Crippen LogP) is 2.78. The fourth-order valence-electron chi connectivity index (χ4n) is 2.93. The largest absolute Gasteiger partial charge is 0.494 e. The summed E-state index contributed by atoms with van der Waals surface area (Å²) in [7, 11) is 0. The Hall–Kier alpha value is -1.66. The molecule has 0 bridgehead atoms. The maximum absolute atomic E-state index is 10.9. The van der Waals surface area contributed by atoms with Crippen LogP contribution in [0.2, 0.25) is 0 Å². The van der Waals surface area contributed by atoms with Crippen LogP contribution in [0.15, 0.2) is 18.2 Å². The molecule has 1 aromatic carbocycles. The van der Waals surface area contributed by atoms with Crippen molar-refractivity contribution in [2.75, 3.05) is 13.2 Å². The number of ether oxygens (including phenoxy) is 1. The summed E-state index contributed by atoms with van der Waals surface area (Å²) in [5.74, 6) is 0.649. The maximum atomic E-state index is 10.9. The zero-order chi connectivity index (χ0) is 16.0. The summed E-state index contributed by atoms with van der Waals surface area (Å²) >= 11 is 0. The summed E-state index contributed by atoms with van der Waals surface area (Å²) in [6, 6.07) is 4.61. The Kier molecular flexibility index (Phi) is 5.74. The predicted molar refractivity (Wildman–Crippen MR) is 84.0 cm³/mol. The van der Waals surface area contributed by atoms with Crippen molar-refractivity contribution in [1.29, 1.82) is 0 Å². The number of rotatable bonds is 7. The van der Waals surface area contributed by atoms with Gasteiger partial charge in [0.05, 0.1) is 17.1 Å². The minimum atomic E-state index is -0.648. The average Bonchev–Trinajstić information content (AvgIpc) is 2.49. The summed E-state index contributed by atoms with van der Waals surface area (Å²) < 4.78 is 5.51. The second kappa shape index (κ2) is 7.56. The quantitative estimate of drug-likeness (QED) is 0.597. The molecule has 1 saturated carbocycles. The van der Waals surface area contributed by atoms with Gasteiger partial charge in [-0.05, 0) is 25.8 Å². The summed E-state index contributed by atoms with van der Waals surface area (Å²) in [4.78, 5) is 10.5. The molecule has 1 aliphatic rings. The van der Waals surface area contributed by atoms with Crippen molar-refractivity contribution in [2.24, 2.45) is 0 Å². The van der Waals surface area contributed by atoms with Crippen molar-refractivity contribution >= 4 is 5.69 Å². The van der Waals surface area contributed by atoms with Crippen molar-refractivity contribution in [2.45, 2.75) is 51.2 Å². The first kappa shape index (κ1) is 16.7. The van der Waals surface area contributed by atoms with Crippen molar-refractivity contribution in [3.63, 3.8) is 0 Å². The Morgan fingerprint density at radius 1 is 1.36 bits per heavy atom. The third-order valence-corrected chi connectivity index (χ3v) is 4.11. The fraction of sp³-hybridized carbons (Fsp3) is 0.625. The number of nitro benzene ring substituents is 1. The van der Waals surface area contributed by atoms with Crippen LogP contribution in [-0.2, 0) is 6.54 Å². The topological polar surface area (TPSA) is 84.6 Å². The van der Waals surface area contributed by atoms with Gasteiger partial charge in [-0.1, -0.05) is 19.3 Å². The van der Waals surface area contributed by atoms with Crippen LogP contribution in [0.4, 0.5) is 5.69 Å². The van der Waals surface area contributed by atoms with E-state index in [0.717, 1.165) is 31.2 Å². The number of nitrogens with zero attached hydrogens (tertiary/aromatic N) is 1. The molecular formula is C16H24N2O4. The number of non-ortho nitro benzene ring substituents is 1. The summed E-state index contributed by atoms with van der Waals surface area (Å²) in [6.45, 7) is 3.33. The van der Waals surface area contributed by atoms with Crippen LogP contribution < -0.4 is 10.1 Å². The van der Waals surface area contributed by atoms with Crippen LogP contribution in [0.5, 0.6) is 5.75 Å². The van der Waals surface area contributed by atoms with Crippen LogP contribution in [-0.4, -0.2) is 28.8 Å². The lowest BCUT2D eigenvalue weighted by Crippen LogP contribution is -2.41. The van der Waals surface area contributed by atoms with Gasteiger partial charge in [-0.3, -0.25) is 10.1 Å². The molecule has 6 heteroatoms. The van der Waals surface area contributed by atoms with Gasteiger partial charge in [-0.15, -0.1) is 0 Å². The number of hydrogen-bond donors (Lipinski definition) is 2. The van der Waals surface area contributed by atoms with Crippen LogP contribution in [0, 0.1) is 10.1 Å². The van der Waals surface area contributed by atoms with Gasteiger partial charge >= 0.3 is 0 Å². The van der Waals surface area contributed by atoms with Gasteiger partial charge in [0.25, 0.3) is 5.69 Å². The molecule has 0 atom stereocenters. The molecule has 2 rings (SSSR count). The Morgan fingerprint density at radius 2 is 2.09 bits per heavy atom. The van der Waals surface area contributed by atoms with Gasteiger partial charge in [0.2, 0.25) is 0 Å². The summed E-state index contributed by atoms with van der Waals surface area (Å²) in [6.07, 6.45) is 4.92. The highest BCUT2D eigenvalue weighted by atomic mass is 16.6. The first-order chi connectivity index (χ1) is 10.5. The second-order valence-electron chi connectivity index (χ2n) is 5.87. The zero-order valence-corrected chi connectivity index (χ0v) is 13.0. The monoisotopic (exact) mass is 308 g/mol. The molecule has 1 aromatic rings. The molecule has 0 radical (unpaired) electrons. The van der Waals surface area contributed by atoms with E-state index >= 15 is 0 Å². The Balaban J connectivity index is 2.00. The molecule has 0 spiro atoms. The lowest BCUT2D eigenvalue weighted by Gasteiger charge is -2.32. The molecule has 22 heavy (non-hydrogen) atoms. The molecule has 1 aliphatic carbocycles. The van der Waals surface area contributed by atoms with E-state index in [-0.39, 0.29) is 5.69 Å². The highest BCUT2D eigenvalue weighted by Gasteiger charge is 2.28. The number of aliphatic hydroxyl groups is 1. The van der Waals surface area contributed by atoms with Crippen LogP contribution >= 0.6 is 0 Å². The summed E-state index contributed by atoms with van der Waals surface area (Å²) in [5, 5.41) is 24.6. The van der Waals surface area contributed by atoms with Crippen molar-refractivity contribution in [1.82, 2.24) is 5.32 Å². The Labute approximate surface area is 130 Å². The molecule has 122 valence electrons. The van der Waals surface area contributed by atoms with Gasteiger partial charge in [-0.25, -0.2) is 0 Å². The average molecular weight is 308 g/mol. The minimum absolute atomic E-state index is 0.0524. The summed E-state index contributed by atoms with van der Waals surface area (Å²) in [5.41, 5.74) is 0.150. The van der Waals surface area contributed by atoms with Gasteiger partial charge in [0.15, 0.2) is 0 Å². The molecule has 2 N–H and O–H groups in total. The SMILES string of the molecule is CCOc1ccc([N+](=O)[O-])cc1CNCC1(O)CCCCC1. The second-order valence-corrected chi connectivity index (χ2v) is 5.87. The van der Waals surface area contributed by atoms with Crippen LogP contribution in [0.25, 0.3) is 0 Å². The molecule has 0 aliphatic heterocycles. The highest BCUT2D eigenvalue weighted by Crippen LogP contribution is 2.28. The van der Waals surface area contributed by atoms with Gasteiger partial charge in [0, 0.05) is 30.8 Å². The van der Waals surface area contributed by atoms with E-state index in [1.54, 1.807) is 6.07 Å². The first-order valence-corrected chi connectivity index (χ1v) is 7.87. The lowest BCUT2D eigenvalue weighted by atomic mass is 9.85. The van der Waals surface area contributed by atoms with E-state index in [9.17, 15) is 15.2 Å². The lowest BCUT2D eigenvalue weighted by molar-refractivity contribution is -0.384. The molecule has 0 heterocycles. The van der Waals surface area contributed by atoms with Gasteiger partial charge < -0.3 is 15.2 Å². The van der Waals surface area contributed by atoms with Crippen LogP contribution in [0.3, 0.4) is 0 Å². The van der Waals surface area contributed by atoms with E-state index in [4.69, 9.17) is 4.74 Å². The molecule has 0 unspecified atom stereocenters. The third kappa shape index (κ3) is 4.42. The highest BCUT2D eigenvalue weighted by molar-refractivity contribution is 5.43. The smallest absolute Gasteiger partial charge is 0.270 e. The molecule has 0 saturated heterocycles. The normalized spacial score (nSPS) is 17.2. The number of benzene rings is 1. The van der Waals surface area contributed by atoms with Crippen molar-refractivity contribution in [3.05, 3.63) is 33.9 Å². The Morgan fingerprint density at radius 3 is 2.73 bits per heavy atom. The van der Waals surface area contributed by atoms with Gasteiger partial charge in [-0.2, -0.15) is 0 Å². The van der Waals surface area contributed by atoms with Crippen molar-refractivity contribution < 1.29 is 14.8 Å². The molecule has 6 nitrogen and oxygen atoms in total. The molecular weight excluding hydrogens is 284 g/mol. The van der Waals surface area contributed by atoms with E-state index in [2.05, 4.69) is 5.32 Å². The minimum Gasteiger partial charge on any atom is -0.494 e. The maximum Gasteiger partial charge on any atom is 0.270 e. The fourth-order valence-corrected chi connectivity index (χ4v) is 2.93. The standard InChI is InChI=1S/C16H24N2O4/c1-2-22-15-7-6-14(18(20)21)10-13(15)11-17-12-16(19)8-4-3-5-9-16/h6-7,10,17,19H,2-5,8-9,11-12H2,1H3. The number of nitro groups is 1. The van der Waals surface area contributed by atoms with Gasteiger partial charge in [0.1, 0.15) is 5.75 Å². The zero-order valence-electron chi connectivity index (χ0n) is 13.0. The van der Waals surface area contributed by atoms with Crippen molar-refractivity contribution in [3.8, 4) is 5.75 Å². The van der Waals surface area contributed by atoms with E-state index in [1.807, 2.05) is 6.92 Å². The first-order valence-electron chi connectivity index (χ1n) is 7.87. The third-order valence-electron chi connectivity index (χ3n) is 4.11. The Bertz CT molecular complexity index is 513. The number of nitrogens with one attached hydrogen (secondary N) is 1. The molecule has 1 fully saturated rings. The molecule has 0 amide bonds. The molecule has 0 aromatic heterocycles. The van der Waals surface area contributed by atoms with E-state index < -0.39 is 10.5 Å². The van der Waals surface area contributed by atoms with Crippen LogP contribution in [0.1, 0.15) is 44.6 Å².